The topological polar surface area (TPSA) is 61.3 Å². The van der Waals surface area contributed by atoms with E-state index in [-0.39, 0.29) is 5.41 Å². The molecular formula is C20H19N3OS2. The molecule has 3 aromatic rings. The van der Waals surface area contributed by atoms with E-state index in [1.165, 1.54) is 17.5 Å². The van der Waals surface area contributed by atoms with Crippen molar-refractivity contribution in [2.24, 2.45) is 11.1 Å². The van der Waals surface area contributed by atoms with Crippen molar-refractivity contribution in [2.75, 3.05) is 0 Å². The molecule has 0 bridgehead atoms. The van der Waals surface area contributed by atoms with Crippen LogP contribution in [0.2, 0.25) is 0 Å². The van der Waals surface area contributed by atoms with Gasteiger partial charge in [0.2, 0.25) is 0 Å². The second-order valence-electron chi connectivity index (χ2n) is 7.08. The van der Waals surface area contributed by atoms with Crippen LogP contribution in [-0.4, -0.2) is 21.1 Å². The first-order chi connectivity index (χ1) is 12.8. The average molecular weight is 382 g/mol. The van der Waals surface area contributed by atoms with Gasteiger partial charge in [-0.3, -0.25) is 5.10 Å². The first kappa shape index (κ1) is 16.0. The summed E-state index contributed by atoms with van der Waals surface area (Å²) in [7, 11) is 0. The van der Waals surface area contributed by atoms with Gasteiger partial charge in [-0.05, 0) is 57.6 Å². The minimum atomic E-state index is -0.163. The quantitative estimate of drug-likeness (QED) is 0.377. The molecule has 0 unspecified atom stereocenters. The highest BCUT2D eigenvalue weighted by Crippen LogP contribution is 2.43. The van der Waals surface area contributed by atoms with E-state index in [0.717, 1.165) is 41.9 Å². The van der Waals surface area contributed by atoms with Gasteiger partial charge in [-0.2, -0.15) is 27.8 Å². The fourth-order valence-electron chi connectivity index (χ4n) is 4.06. The fourth-order valence-corrected chi connectivity index (χ4v) is 5.54. The number of rotatable bonds is 4. The molecule has 0 saturated heterocycles. The summed E-state index contributed by atoms with van der Waals surface area (Å²) in [6, 6.07) is 4.42. The summed E-state index contributed by atoms with van der Waals surface area (Å²) in [5, 5.41) is 29.7. The molecule has 1 fully saturated rings. The Balaban J connectivity index is 1.59. The zero-order valence-corrected chi connectivity index (χ0v) is 15.8. The molecule has 3 heterocycles. The number of H-pyrrole nitrogens is 1. The molecule has 3 aromatic heterocycles. The van der Waals surface area contributed by atoms with E-state index < -0.39 is 0 Å². The lowest BCUT2D eigenvalue weighted by molar-refractivity contribution is 0.305. The summed E-state index contributed by atoms with van der Waals surface area (Å²) in [5.41, 5.74) is 6.20. The Kier molecular flexibility index (Phi) is 3.83. The summed E-state index contributed by atoms with van der Waals surface area (Å²) in [6.07, 6.45) is 8.66. The predicted octanol–water partition coefficient (Wildman–Crippen LogP) is 5.07. The van der Waals surface area contributed by atoms with Gasteiger partial charge in [0.1, 0.15) is 11.4 Å². The number of nitrogens with zero attached hydrogens (tertiary/aromatic N) is 2. The lowest BCUT2D eigenvalue weighted by Crippen LogP contribution is -2.30. The Labute approximate surface area is 159 Å². The van der Waals surface area contributed by atoms with Crippen LogP contribution < -0.4 is 0 Å². The van der Waals surface area contributed by atoms with Crippen molar-refractivity contribution in [2.45, 2.75) is 31.1 Å². The van der Waals surface area contributed by atoms with E-state index in [4.69, 9.17) is 0 Å². The molecule has 4 nitrogen and oxygen atoms in total. The van der Waals surface area contributed by atoms with Gasteiger partial charge in [-0.25, -0.2) is 0 Å². The second-order valence-corrected chi connectivity index (χ2v) is 8.64. The highest BCUT2D eigenvalue weighted by Gasteiger charge is 2.38. The first-order valence-corrected chi connectivity index (χ1v) is 10.7. The number of hydrogen-bond donors (Lipinski definition) is 2. The van der Waals surface area contributed by atoms with Gasteiger partial charge < -0.3 is 5.21 Å². The number of thiophene rings is 2. The van der Waals surface area contributed by atoms with E-state index in [2.05, 4.69) is 61.2 Å². The number of nitrogens with one attached hydrogen (secondary N) is 1. The van der Waals surface area contributed by atoms with Crippen LogP contribution >= 0.6 is 22.7 Å². The normalized spacial score (nSPS) is 19.3. The number of aromatic nitrogens is 2. The van der Waals surface area contributed by atoms with Gasteiger partial charge in [-0.1, -0.05) is 23.7 Å². The highest BCUT2D eigenvalue weighted by molar-refractivity contribution is 7.08. The molecule has 2 aliphatic rings. The molecule has 1 saturated carbocycles. The van der Waals surface area contributed by atoms with Crippen LogP contribution in [0.15, 0.2) is 44.9 Å². The molecule has 0 atom stereocenters. The maximum absolute atomic E-state index is 9.55. The molecule has 5 rings (SSSR count). The van der Waals surface area contributed by atoms with Crippen molar-refractivity contribution in [1.82, 2.24) is 10.2 Å². The second kappa shape index (κ2) is 6.21. The Morgan fingerprint density at radius 2 is 1.92 bits per heavy atom. The smallest absolute Gasteiger partial charge is 0.117 e. The van der Waals surface area contributed by atoms with E-state index in [9.17, 15) is 5.21 Å². The zero-order valence-electron chi connectivity index (χ0n) is 14.2. The van der Waals surface area contributed by atoms with E-state index in [1.54, 1.807) is 22.7 Å². The lowest BCUT2D eigenvalue weighted by Gasteiger charge is -2.32. The van der Waals surface area contributed by atoms with Crippen LogP contribution in [0.3, 0.4) is 0 Å². The van der Waals surface area contributed by atoms with Crippen molar-refractivity contribution in [3.63, 3.8) is 0 Å². The Bertz CT molecular complexity index is 929. The molecule has 2 aliphatic carbocycles. The minimum Gasteiger partial charge on any atom is -0.411 e. The SMILES string of the molecule is O/N=C(/c1n[nH]c2c1C=CC(c1ccsc1)(c1ccsc1)C2)C1CCC1. The maximum atomic E-state index is 9.55. The van der Waals surface area contributed by atoms with Crippen LogP contribution in [0, 0.1) is 5.92 Å². The van der Waals surface area contributed by atoms with Crippen molar-refractivity contribution in [3.05, 3.63) is 67.8 Å². The first-order valence-electron chi connectivity index (χ1n) is 8.86. The van der Waals surface area contributed by atoms with Gasteiger partial charge in [0.15, 0.2) is 0 Å². The number of allylic oxidation sites excluding steroid dienone is 1. The number of hydrogen-bond acceptors (Lipinski definition) is 5. The molecule has 6 heteroatoms. The molecule has 26 heavy (non-hydrogen) atoms. The van der Waals surface area contributed by atoms with Crippen LogP contribution in [0.5, 0.6) is 0 Å². The number of oxime groups is 1. The third-order valence-corrected chi connectivity index (χ3v) is 7.15. The molecule has 132 valence electrons. The summed E-state index contributed by atoms with van der Waals surface area (Å²) < 4.78 is 0. The standard InChI is InChI=1S/C20H19N3OS2/c24-23-18(13-2-1-3-13)19-16-4-7-20(10-17(16)21-22-19,14-5-8-25-11-14)15-6-9-26-12-15/h4-9,11-13,24H,1-3,10H2,(H,21,22)/b23-18+. The van der Waals surface area contributed by atoms with Crippen LogP contribution in [0.25, 0.3) is 6.08 Å². The summed E-state index contributed by atoms with van der Waals surface area (Å²) in [5.74, 6) is 0.334. The molecule has 0 spiro atoms. The molecule has 0 aliphatic heterocycles. The van der Waals surface area contributed by atoms with Crippen LogP contribution in [0.1, 0.15) is 47.3 Å². The molecule has 0 radical (unpaired) electrons. The molecule has 0 aromatic carbocycles. The lowest BCUT2D eigenvalue weighted by atomic mass is 9.70. The molecule has 0 amide bonds. The van der Waals surface area contributed by atoms with Crippen molar-refractivity contribution >= 4 is 34.5 Å². The Morgan fingerprint density at radius 1 is 1.19 bits per heavy atom. The summed E-state index contributed by atoms with van der Waals surface area (Å²) in [6.45, 7) is 0. The fraction of sp³-hybridized carbons (Fsp3) is 0.300. The van der Waals surface area contributed by atoms with Crippen molar-refractivity contribution < 1.29 is 5.21 Å². The largest absolute Gasteiger partial charge is 0.411 e. The predicted molar refractivity (Wildman–Crippen MR) is 106 cm³/mol. The van der Waals surface area contributed by atoms with Gasteiger partial charge >= 0.3 is 0 Å². The van der Waals surface area contributed by atoms with Crippen LogP contribution in [0.4, 0.5) is 0 Å². The van der Waals surface area contributed by atoms with E-state index in [1.807, 2.05) is 0 Å². The third kappa shape index (κ3) is 2.32. The van der Waals surface area contributed by atoms with Gasteiger partial charge in [0.25, 0.3) is 0 Å². The number of aromatic amines is 1. The van der Waals surface area contributed by atoms with Crippen molar-refractivity contribution in [3.8, 4) is 0 Å². The zero-order chi connectivity index (χ0) is 17.6. The summed E-state index contributed by atoms with van der Waals surface area (Å²) in [4.78, 5) is 0. The maximum Gasteiger partial charge on any atom is 0.117 e. The van der Waals surface area contributed by atoms with Gasteiger partial charge in [-0.15, -0.1) is 0 Å². The monoisotopic (exact) mass is 381 g/mol. The van der Waals surface area contributed by atoms with Crippen LogP contribution in [-0.2, 0) is 11.8 Å². The van der Waals surface area contributed by atoms with E-state index >= 15 is 0 Å². The summed E-state index contributed by atoms with van der Waals surface area (Å²) >= 11 is 3.46. The van der Waals surface area contributed by atoms with E-state index in [0.29, 0.717) is 5.92 Å². The Hall–Kier alpha value is -2.18. The highest BCUT2D eigenvalue weighted by atomic mass is 32.1. The van der Waals surface area contributed by atoms with Crippen molar-refractivity contribution in [1.29, 1.82) is 0 Å². The van der Waals surface area contributed by atoms with Gasteiger partial charge in [0, 0.05) is 29.0 Å². The van der Waals surface area contributed by atoms with Gasteiger partial charge in [0.05, 0.1) is 0 Å². The third-order valence-electron chi connectivity index (χ3n) is 5.79. The number of fused-ring (bicyclic) bond motifs is 1. The average Bonchev–Trinajstić information content (AvgIpc) is 3.38. The molecule has 2 N–H and O–H groups in total. The minimum absolute atomic E-state index is 0.163. The Morgan fingerprint density at radius 3 is 2.46 bits per heavy atom. The molecular weight excluding hydrogens is 362 g/mol.